The largest absolute Gasteiger partial charge is 0.418 e. The molecule has 0 aliphatic heterocycles. The highest BCUT2D eigenvalue weighted by Gasteiger charge is 2.37. The summed E-state index contributed by atoms with van der Waals surface area (Å²) in [4.78, 5) is 16.2. The Morgan fingerprint density at radius 1 is 1.10 bits per heavy atom. The summed E-state index contributed by atoms with van der Waals surface area (Å²) in [5, 5.41) is 2.40. The minimum absolute atomic E-state index is 0.0118. The predicted molar refractivity (Wildman–Crippen MR) is 102 cm³/mol. The van der Waals surface area contributed by atoms with Gasteiger partial charge >= 0.3 is 18.4 Å². The van der Waals surface area contributed by atoms with E-state index in [0.717, 1.165) is 53.3 Å². The number of halogens is 6. The molecule has 0 radical (unpaired) electrons. The number of hydrogen-bond donors (Lipinski definition) is 2. The molecule has 0 fully saturated rings. The number of nitrogens with one attached hydrogen (secondary N) is 1. The predicted octanol–water partition coefficient (Wildman–Crippen LogP) is 5.87. The molecule has 2 aromatic rings. The zero-order valence-electron chi connectivity index (χ0n) is 15.8. The van der Waals surface area contributed by atoms with E-state index in [-0.39, 0.29) is 12.1 Å². The third kappa shape index (κ3) is 6.04. The van der Waals surface area contributed by atoms with Crippen LogP contribution in [0.5, 0.6) is 0 Å². The number of carbonyl (C=O) groups is 1. The molecule has 0 saturated carbocycles. The number of hydrogen-bond acceptors (Lipinski definition) is 3. The van der Waals surface area contributed by atoms with Crippen molar-refractivity contribution < 1.29 is 31.1 Å². The second-order valence-electron chi connectivity index (χ2n) is 6.41. The van der Waals surface area contributed by atoms with Gasteiger partial charge in [-0.2, -0.15) is 26.3 Å². The first-order valence-corrected chi connectivity index (χ1v) is 9.31. The van der Waals surface area contributed by atoms with Crippen LogP contribution in [0.3, 0.4) is 0 Å². The van der Waals surface area contributed by atoms with Crippen LogP contribution in [0, 0.1) is 0 Å². The van der Waals surface area contributed by atoms with Crippen LogP contribution in [0.1, 0.15) is 48.2 Å². The summed E-state index contributed by atoms with van der Waals surface area (Å²) >= 11 is 4.03. The van der Waals surface area contributed by atoms with Crippen molar-refractivity contribution in [3.05, 3.63) is 65.0 Å². The molecule has 30 heavy (non-hydrogen) atoms. The third-order valence-electron chi connectivity index (χ3n) is 4.21. The summed E-state index contributed by atoms with van der Waals surface area (Å²) < 4.78 is 80.0. The summed E-state index contributed by atoms with van der Waals surface area (Å²) in [6.07, 6.45) is -6.91. The van der Waals surface area contributed by atoms with E-state index in [9.17, 15) is 31.1 Å². The van der Waals surface area contributed by atoms with Gasteiger partial charge in [0, 0.05) is 12.7 Å². The van der Waals surface area contributed by atoms with Crippen molar-refractivity contribution in [3.63, 3.8) is 0 Å². The highest BCUT2D eigenvalue weighted by Crippen LogP contribution is 2.36. The van der Waals surface area contributed by atoms with Crippen LogP contribution >= 0.6 is 12.8 Å². The first-order chi connectivity index (χ1) is 13.9. The van der Waals surface area contributed by atoms with Crippen LogP contribution in [0.25, 0.3) is 0 Å². The Morgan fingerprint density at radius 3 is 2.27 bits per heavy atom. The topological polar surface area (TPSA) is 45.2 Å². The fourth-order valence-electron chi connectivity index (χ4n) is 2.67. The van der Waals surface area contributed by atoms with Crippen molar-refractivity contribution in [1.82, 2.24) is 14.6 Å². The zero-order chi connectivity index (χ0) is 22.5. The molecule has 11 heteroatoms. The summed E-state index contributed by atoms with van der Waals surface area (Å²) in [6, 6.07) is 3.14. The summed E-state index contributed by atoms with van der Waals surface area (Å²) in [5.74, 6) is 0. The second kappa shape index (κ2) is 9.59. The maximum Gasteiger partial charge on any atom is 0.418 e. The molecule has 1 atom stereocenters. The lowest BCUT2D eigenvalue weighted by Gasteiger charge is -2.25. The molecule has 1 aromatic carbocycles. The number of urea groups is 1. The van der Waals surface area contributed by atoms with Gasteiger partial charge in [-0.1, -0.05) is 38.3 Å². The van der Waals surface area contributed by atoms with Crippen molar-refractivity contribution >= 4 is 18.8 Å². The van der Waals surface area contributed by atoms with E-state index in [4.69, 9.17) is 0 Å². The number of alkyl halides is 6. The average molecular weight is 451 g/mol. The molecule has 1 unspecified atom stereocenters. The van der Waals surface area contributed by atoms with Gasteiger partial charge in [0.05, 0.1) is 22.9 Å². The number of aromatic nitrogens is 1. The molecule has 1 aromatic heterocycles. The van der Waals surface area contributed by atoms with Gasteiger partial charge in [0.25, 0.3) is 0 Å². The maximum absolute atomic E-state index is 13.5. The highest BCUT2D eigenvalue weighted by atomic mass is 32.1. The fourth-order valence-corrected chi connectivity index (χ4v) is 2.87. The Bertz CT molecular complexity index is 855. The molecule has 0 spiro atoms. The van der Waals surface area contributed by atoms with Gasteiger partial charge in [-0.15, -0.1) is 0 Å². The van der Waals surface area contributed by atoms with Gasteiger partial charge in [0.2, 0.25) is 0 Å². The lowest BCUT2D eigenvalue weighted by atomic mass is 9.98. The molecule has 0 bridgehead atoms. The van der Waals surface area contributed by atoms with Crippen molar-refractivity contribution in [1.29, 1.82) is 0 Å². The third-order valence-corrected chi connectivity index (χ3v) is 4.60. The lowest BCUT2D eigenvalue weighted by Crippen LogP contribution is -2.38. The molecule has 0 saturated heterocycles. The van der Waals surface area contributed by atoms with Crippen LogP contribution in [-0.2, 0) is 12.4 Å². The number of rotatable bonds is 6. The van der Waals surface area contributed by atoms with E-state index in [1.54, 1.807) is 0 Å². The number of thiol groups is 1. The Hall–Kier alpha value is -2.43. The number of unbranched alkanes of at least 4 members (excludes halogenated alkanes) is 1. The standard InChI is InChI=1S/C19H19F6N3OS/c1-2-3-11-28(30)17(29)27-15(12-6-8-13(9-7-12)18(20,21)22)16-14(19(23,24)25)5-4-10-26-16/h4-10,15,30H,2-3,11H2,1H3,(H,27,29). The summed E-state index contributed by atoms with van der Waals surface area (Å²) in [5.41, 5.74) is -2.59. The number of benzene rings is 1. The smallest absolute Gasteiger partial charge is 0.325 e. The van der Waals surface area contributed by atoms with Crippen molar-refractivity contribution in [2.75, 3.05) is 6.54 Å². The van der Waals surface area contributed by atoms with Gasteiger partial charge in [0.15, 0.2) is 0 Å². The van der Waals surface area contributed by atoms with E-state index >= 15 is 0 Å². The Morgan fingerprint density at radius 2 is 1.73 bits per heavy atom. The van der Waals surface area contributed by atoms with Crippen LogP contribution in [0.2, 0.25) is 0 Å². The van der Waals surface area contributed by atoms with Crippen LogP contribution in [0.15, 0.2) is 42.6 Å². The molecule has 2 amide bonds. The molecular formula is C19H19F6N3OS. The van der Waals surface area contributed by atoms with E-state index < -0.39 is 41.2 Å². The molecule has 164 valence electrons. The average Bonchev–Trinajstić information content (AvgIpc) is 2.68. The molecule has 1 N–H and O–H groups in total. The minimum Gasteiger partial charge on any atom is -0.325 e. The monoisotopic (exact) mass is 451 g/mol. The normalized spacial score (nSPS) is 13.1. The molecule has 1 heterocycles. The SMILES string of the molecule is CCCCN(S)C(=O)NC(c1ccc(C(F)(F)F)cc1)c1ncccc1C(F)(F)F. The van der Waals surface area contributed by atoms with Gasteiger partial charge in [-0.25, -0.2) is 4.79 Å². The van der Waals surface area contributed by atoms with Crippen LogP contribution in [-0.4, -0.2) is 21.9 Å². The van der Waals surface area contributed by atoms with E-state index in [2.05, 4.69) is 23.1 Å². The maximum atomic E-state index is 13.5. The highest BCUT2D eigenvalue weighted by molar-refractivity contribution is 7.78. The zero-order valence-corrected chi connectivity index (χ0v) is 16.7. The molecule has 2 rings (SSSR count). The van der Waals surface area contributed by atoms with Gasteiger partial charge in [-0.05, 0) is 36.2 Å². The minimum atomic E-state index is -4.78. The van der Waals surface area contributed by atoms with Crippen LogP contribution in [0.4, 0.5) is 31.1 Å². The Balaban J connectivity index is 2.48. The molecular weight excluding hydrogens is 432 g/mol. The fraction of sp³-hybridized carbons (Fsp3) is 0.368. The molecule has 4 nitrogen and oxygen atoms in total. The van der Waals surface area contributed by atoms with Gasteiger partial charge < -0.3 is 5.32 Å². The van der Waals surface area contributed by atoms with E-state index in [0.29, 0.717) is 6.42 Å². The number of carbonyl (C=O) groups excluding carboxylic acids is 1. The van der Waals surface area contributed by atoms with Crippen molar-refractivity contribution in [2.24, 2.45) is 0 Å². The molecule has 0 aliphatic rings. The number of pyridine rings is 1. The van der Waals surface area contributed by atoms with E-state index in [1.165, 1.54) is 0 Å². The van der Waals surface area contributed by atoms with Crippen molar-refractivity contribution in [2.45, 2.75) is 38.2 Å². The first-order valence-electron chi connectivity index (χ1n) is 8.91. The Labute approximate surface area is 174 Å². The Kier molecular flexibility index (Phi) is 7.62. The van der Waals surface area contributed by atoms with E-state index in [1.807, 2.05) is 6.92 Å². The van der Waals surface area contributed by atoms with Crippen molar-refractivity contribution in [3.8, 4) is 0 Å². The first kappa shape index (κ1) is 23.8. The van der Waals surface area contributed by atoms with Gasteiger partial charge in [0.1, 0.15) is 0 Å². The number of nitrogens with zero attached hydrogens (tertiary/aromatic N) is 2. The quantitative estimate of drug-likeness (QED) is 0.427. The summed E-state index contributed by atoms with van der Waals surface area (Å²) in [6.45, 7) is 2.12. The summed E-state index contributed by atoms with van der Waals surface area (Å²) in [7, 11) is 0. The number of amides is 2. The van der Waals surface area contributed by atoms with Gasteiger partial charge in [-0.3, -0.25) is 9.29 Å². The second-order valence-corrected chi connectivity index (χ2v) is 6.90. The van der Waals surface area contributed by atoms with Crippen LogP contribution < -0.4 is 5.32 Å². The molecule has 0 aliphatic carbocycles. The lowest BCUT2D eigenvalue weighted by molar-refractivity contribution is -0.139.